The molecule has 23 heavy (non-hydrogen) atoms. The van der Waals surface area contributed by atoms with Crippen LogP contribution in [-0.2, 0) is 0 Å². The highest BCUT2D eigenvalue weighted by Crippen LogP contribution is 2.36. The van der Waals surface area contributed by atoms with Crippen molar-refractivity contribution >= 4 is 5.96 Å². The summed E-state index contributed by atoms with van der Waals surface area (Å²) >= 11 is 0. The lowest BCUT2D eigenvalue weighted by atomic mass is 9.89. The second-order valence-corrected chi connectivity index (χ2v) is 8.34. The maximum Gasteiger partial charge on any atom is 0.191 e. The first-order valence-electron chi connectivity index (χ1n) is 9.90. The summed E-state index contributed by atoms with van der Waals surface area (Å²) in [5.74, 6) is 1.01. The van der Waals surface area contributed by atoms with E-state index in [2.05, 4.69) is 27.4 Å². The van der Waals surface area contributed by atoms with Crippen LogP contribution in [0, 0.1) is 5.41 Å². The van der Waals surface area contributed by atoms with Crippen molar-refractivity contribution in [2.24, 2.45) is 10.4 Å². The number of rotatable bonds is 4. The first kappa shape index (κ1) is 17.1. The molecule has 0 atom stereocenters. The van der Waals surface area contributed by atoms with E-state index in [0.717, 1.165) is 18.5 Å². The summed E-state index contributed by atoms with van der Waals surface area (Å²) < 4.78 is 0. The summed E-state index contributed by atoms with van der Waals surface area (Å²) in [6.07, 6.45) is 13.8. The van der Waals surface area contributed by atoms with Crippen LogP contribution in [0.2, 0.25) is 0 Å². The molecule has 0 aromatic rings. The van der Waals surface area contributed by atoms with E-state index in [1.165, 1.54) is 77.3 Å². The van der Waals surface area contributed by atoms with E-state index in [1.807, 2.05) is 7.05 Å². The number of piperidine rings is 1. The van der Waals surface area contributed by atoms with E-state index in [1.54, 1.807) is 0 Å². The van der Waals surface area contributed by atoms with E-state index in [9.17, 15) is 0 Å². The summed E-state index contributed by atoms with van der Waals surface area (Å²) in [6, 6.07) is 1.48. The summed E-state index contributed by atoms with van der Waals surface area (Å²) in [5, 5.41) is 7.26. The van der Waals surface area contributed by atoms with Gasteiger partial charge in [-0.05, 0) is 43.9 Å². The monoisotopic (exact) mass is 320 g/mol. The van der Waals surface area contributed by atoms with Crippen LogP contribution in [0.15, 0.2) is 4.99 Å². The lowest BCUT2D eigenvalue weighted by molar-refractivity contribution is 0.150. The SMILES string of the molecule is CN=C(NCC1(C)CCCC1)NC1CCN(C2CCCC2)CC1. The van der Waals surface area contributed by atoms with Crippen molar-refractivity contribution < 1.29 is 0 Å². The third kappa shape index (κ3) is 4.62. The molecule has 0 bridgehead atoms. The smallest absolute Gasteiger partial charge is 0.191 e. The second kappa shape index (κ2) is 7.87. The first-order chi connectivity index (χ1) is 11.2. The van der Waals surface area contributed by atoms with Gasteiger partial charge < -0.3 is 15.5 Å². The Morgan fingerprint density at radius 2 is 1.70 bits per heavy atom. The zero-order chi connectivity index (χ0) is 16.1. The van der Waals surface area contributed by atoms with Gasteiger partial charge in [-0.3, -0.25) is 4.99 Å². The van der Waals surface area contributed by atoms with Gasteiger partial charge in [0.2, 0.25) is 0 Å². The number of hydrogen-bond acceptors (Lipinski definition) is 2. The second-order valence-electron chi connectivity index (χ2n) is 8.34. The highest BCUT2D eigenvalue weighted by atomic mass is 15.2. The van der Waals surface area contributed by atoms with Crippen molar-refractivity contribution in [3.63, 3.8) is 0 Å². The molecular weight excluding hydrogens is 284 g/mol. The van der Waals surface area contributed by atoms with Crippen molar-refractivity contribution in [3.05, 3.63) is 0 Å². The largest absolute Gasteiger partial charge is 0.356 e. The molecule has 3 fully saturated rings. The fourth-order valence-electron chi connectivity index (χ4n) is 4.77. The van der Waals surface area contributed by atoms with Crippen molar-refractivity contribution in [3.8, 4) is 0 Å². The van der Waals surface area contributed by atoms with Crippen LogP contribution in [-0.4, -0.2) is 49.6 Å². The summed E-state index contributed by atoms with van der Waals surface area (Å²) in [4.78, 5) is 7.19. The van der Waals surface area contributed by atoms with E-state index < -0.39 is 0 Å². The Kier molecular flexibility index (Phi) is 5.84. The number of nitrogens with one attached hydrogen (secondary N) is 2. The van der Waals surface area contributed by atoms with Crippen molar-refractivity contribution in [1.29, 1.82) is 0 Å². The van der Waals surface area contributed by atoms with Gasteiger partial charge in [-0.1, -0.05) is 32.6 Å². The zero-order valence-corrected chi connectivity index (χ0v) is 15.2. The topological polar surface area (TPSA) is 39.7 Å². The van der Waals surface area contributed by atoms with Gasteiger partial charge >= 0.3 is 0 Å². The van der Waals surface area contributed by atoms with Gasteiger partial charge in [-0.25, -0.2) is 0 Å². The van der Waals surface area contributed by atoms with Gasteiger partial charge in [0.1, 0.15) is 0 Å². The minimum absolute atomic E-state index is 0.476. The molecule has 2 N–H and O–H groups in total. The van der Waals surface area contributed by atoms with Gasteiger partial charge in [-0.15, -0.1) is 0 Å². The van der Waals surface area contributed by atoms with Gasteiger partial charge in [0, 0.05) is 38.8 Å². The average molecular weight is 321 g/mol. The normalized spacial score (nSPS) is 27.5. The summed E-state index contributed by atoms with van der Waals surface area (Å²) in [6.45, 7) is 6.00. The molecule has 132 valence electrons. The standard InChI is InChI=1S/C19H36N4/c1-19(11-5-6-12-19)15-21-18(20-2)22-16-9-13-23(14-10-16)17-7-3-4-8-17/h16-17H,3-15H2,1-2H3,(H2,20,21,22). The van der Waals surface area contributed by atoms with Gasteiger partial charge in [0.15, 0.2) is 5.96 Å². The Morgan fingerprint density at radius 1 is 1.04 bits per heavy atom. The fraction of sp³-hybridized carbons (Fsp3) is 0.947. The Balaban J connectivity index is 1.39. The van der Waals surface area contributed by atoms with E-state index >= 15 is 0 Å². The van der Waals surface area contributed by atoms with Gasteiger partial charge in [0.05, 0.1) is 0 Å². The van der Waals surface area contributed by atoms with Crippen LogP contribution < -0.4 is 10.6 Å². The van der Waals surface area contributed by atoms with Crippen LogP contribution in [0.4, 0.5) is 0 Å². The minimum Gasteiger partial charge on any atom is -0.356 e. The highest BCUT2D eigenvalue weighted by molar-refractivity contribution is 5.80. The highest BCUT2D eigenvalue weighted by Gasteiger charge is 2.30. The van der Waals surface area contributed by atoms with Crippen LogP contribution in [0.3, 0.4) is 0 Å². The molecular formula is C19H36N4. The third-order valence-corrected chi connectivity index (χ3v) is 6.43. The van der Waals surface area contributed by atoms with E-state index in [0.29, 0.717) is 11.5 Å². The third-order valence-electron chi connectivity index (χ3n) is 6.43. The van der Waals surface area contributed by atoms with E-state index in [-0.39, 0.29) is 0 Å². The zero-order valence-electron chi connectivity index (χ0n) is 15.2. The molecule has 3 rings (SSSR count). The average Bonchev–Trinajstić information content (AvgIpc) is 3.24. The van der Waals surface area contributed by atoms with Crippen LogP contribution >= 0.6 is 0 Å². The Bertz CT molecular complexity index is 386. The molecule has 0 aromatic carbocycles. The molecule has 0 amide bonds. The molecule has 0 unspecified atom stereocenters. The number of nitrogens with zero attached hydrogens (tertiary/aromatic N) is 2. The molecule has 4 nitrogen and oxygen atoms in total. The molecule has 1 heterocycles. The predicted molar refractivity (Wildman–Crippen MR) is 97.9 cm³/mol. The minimum atomic E-state index is 0.476. The Hall–Kier alpha value is -0.770. The quantitative estimate of drug-likeness (QED) is 0.617. The van der Waals surface area contributed by atoms with Crippen LogP contribution in [0.5, 0.6) is 0 Å². The van der Waals surface area contributed by atoms with Crippen molar-refractivity contribution in [2.75, 3.05) is 26.7 Å². The molecule has 2 aliphatic carbocycles. The molecule has 4 heteroatoms. The molecule has 1 saturated heterocycles. The number of guanidine groups is 1. The van der Waals surface area contributed by atoms with Gasteiger partial charge in [0.25, 0.3) is 0 Å². The summed E-state index contributed by atoms with van der Waals surface area (Å²) in [7, 11) is 1.90. The van der Waals surface area contributed by atoms with Crippen molar-refractivity contribution in [1.82, 2.24) is 15.5 Å². The fourth-order valence-corrected chi connectivity index (χ4v) is 4.77. The number of likely N-dealkylation sites (tertiary alicyclic amines) is 1. The lowest BCUT2D eigenvalue weighted by Gasteiger charge is -2.37. The number of hydrogen-bond donors (Lipinski definition) is 2. The first-order valence-corrected chi connectivity index (χ1v) is 9.90. The Labute approximate surface area is 142 Å². The van der Waals surface area contributed by atoms with Gasteiger partial charge in [-0.2, -0.15) is 0 Å². The molecule has 0 aromatic heterocycles. The molecule has 1 aliphatic heterocycles. The van der Waals surface area contributed by atoms with E-state index in [4.69, 9.17) is 0 Å². The Morgan fingerprint density at radius 3 is 2.30 bits per heavy atom. The van der Waals surface area contributed by atoms with Crippen molar-refractivity contribution in [2.45, 2.75) is 83.2 Å². The lowest BCUT2D eigenvalue weighted by Crippen LogP contribution is -2.51. The molecule has 3 aliphatic rings. The van der Waals surface area contributed by atoms with Crippen LogP contribution in [0.25, 0.3) is 0 Å². The predicted octanol–water partition coefficient (Wildman–Crippen LogP) is 3.14. The number of aliphatic imine (C=N–C) groups is 1. The molecule has 0 radical (unpaired) electrons. The molecule has 0 spiro atoms. The van der Waals surface area contributed by atoms with Crippen LogP contribution in [0.1, 0.15) is 71.1 Å². The maximum atomic E-state index is 4.45. The molecule has 2 saturated carbocycles. The summed E-state index contributed by atoms with van der Waals surface area (Å²) in [5.41, 5.74) is 0.476. The maximum absolute atomic E-state index is 4.45.